The number of nitrogens with one attached hydrogen (secondary N) is 1. The van der Waals surface area contributed by atoms with Gasteiger partial charge in [-0.05, 0) is 39.0 Å². The van der Waals surface area contributed by atoms with Crippen molar-refractivity contribution in [1.82, 2.24) is 15.0 Å². The second-order valence-electron chi connectivity index (χ2n) is 5.30. The molecular formula is C13H16ClFN4. The van der Waals surface area contributed by atoms with Crippen LogP contribution in [0, 0.1) is 5.82 Å². The smallest absolute Gasteiger partial charge is 0.124 e. The number of anilines is 1. The number of hydrogen-bond donors (Lipinski definition) is 1. The second kappa shape index (κ2) is 5.17. The van der Waals surface area contributed by atoms with Gasteiger partial charge in [-0.3, -0.25) is 0 Å². The van der Waals surface area contributed by atoms with Crippen LogP contribution in [0.15, 0.2) is 24.4 Å². The number of halogens is 2. The van der Waals surface area contributed by atoms with Crippen LogP contribution in [-0.4, -0.2) is 15.0 Å². The molecule has 4 nitrogen and oxygen atoms in total. The van der Waals surface area contributed by atoms with Gasteiger partial charge in [0.2, 0.25) is 0 Å². The van der Waals surface area contributed by atoms with Gasteiger partial charge in [-0.2, -0.15) is 0 Å². The lowest BCUT2D eigenvalue weighted by Crippen LogP contribution is -2.22. The molecule has 6 heteroatoms. The minimum Gasteiger partial charge on any atom is -0.378 e. The van der Waals surface area contributed by atoms with E-state index < -0.39 is 0 Å². The first-order valence-electron chi connectivity index (χ1n) is 5.97. The fraction of sp³-hybridized carbons (Fsp3) is 0.385. The molecule has 0 aliphatic heterocycles. The summed E-state index contributed by atoms with van der Waals surface area (Å²) in [7, 11) is 0. The van der Waals surface area contributed by atoms with Crippen molar-refractivity contribution in [3.8, 4) is 0 Å². The summed E-state index contributed by atoms with van der Waals surface area (Å²) in [4.78, 5) is 0. The van der Waals surface area contributed by atoms with Gasteiger partial charge in [0.05, 0.1) is 29.0 Å². The average molecular weight is 283 g/mol. The highest BCUT2D eigenvalue weighted by molar-refractivity contribution is 6.33. The van der Waals surface area contributed by atoms with E-state index >= 15 is 0 Å². The van der Waals surface area contributed by atoms with E-state index in [0.717, 1.165) is 5.69 Å². The number of aromatic nitrogens is 3. The van der Waals surface area contributed by atoms with Crippen LogP contribution in [0.5, 0.6) is 0 Å². The zero-order valence-electron chi connectivity index (χ0n) is 11.1. The number of benzene rings is 1. The van der Waals surface area contributed by atoms with E-state index in [9.17, 15) is 4.39 Å². The lowest BCUT2D eigenvalue weighted by atomic mass is 10.1. The van der Waals surface area contributed by atoms with E-state index in [1.165, 1.54) is 12.1 Å². The maximum Gasteiger partial charge on any atom is 0.124 e. The quantitative estimate of drug-likeness (QED) is 0.938. The van der Waals surface area contributed by atoms with E-state index in [2.05, 4.69) is 36.4 Å². The molecule has 0 aliphatic rings. The molecule has 1 aromatic heterocycles. The van der Waals surface area contributed by atoms with Gasteiger partial charge < -0.3 is 5.32 Å². The molecular weight excluding hydrogens is 267 g/mol. The first-order valence-corrected chi connectivity index (χ1v) is 6.35. The van der Waals surface area contributed by atoms with E-state index in [-0.39, 0.29) is 11.4 Å². The standard InChI is InChI=1S/C13H16ClFN4/c1-13(2,3)19-8-10(17-18-19)7-16-12-5-4-9(15)6-11(12)14/h4-6,8,16H,7H2,1-3H3. The molecule has 0 aliphatic carbocycles. The van der Waals surface area contributed by atoms with Crippen molar-refractivity contribution < 1.29 is 4.39 Å². The highest BCUT2D eigenvalue weighted by Crippen LogP contribution is 2.22. The Labute approximate surface area is 116 Å². The monoisotopic (exact) mass is 282 g/mol. The SMILES string of the molecule is CC(C)(C)n1cc(CNc2ccc(F)cc2Cl)nn1. The van der Waals surface area contributed by atoms with E-state index in [4.69, 9.17) is 11.6 Å². The van der Waals surface area contributed by atoms with E-state index in [1.54, 1.807) is 10.7 Å². The first-order chi connectivity index (χ1) is 8.86. The molecule has 1 N–H and O–H groups in total. The van der Waals surface area contributed by atoms with Gasteiger partial charge in [0, 0.05) is 0 Å². The molecule has 0 radical (unpaired) electrons. The summed E-state index contributed by atoms with van der Waals surface area (Å²) in [5.41, 5.74) is 1.38. The lowest BCUT2D eigenvalue weighted by molar-refractivity contribution is 0.347. The maximum absolute atomic E-state index is 12.9. The van der Waals surface area contributed by atoms with Crippen molar-refractivity contribution in [3.63, 3.8) is 0 Å². The maximum atomic E-state index is 12.9. The summed E-state index contributed by atoms with van der Waals surface area (Å²) in [5, 5.41) is 11.6. The zero-order chi connectivity index (χ0) is 14.0. The summed E-state index contributed by atoms with van der Waals surface area (Å²) in [6, 6.07) is 4.24. The molecule has 0 saturated heterocycles. The molecule has 19 heavy (non-hydrogen) atoms. The predicted octanol–water partition coefficient (Wildman–Crippen LogP) is 3.44. The Kier molecular flexibility index (Phi) is 3.75. The van der Waals surface area contributed by atoms with Gasteiger partial charge in [-0.1, -0.05) is 16.8 Å². The Morgan fingerprint density at radius 2 is 2.11 bits per heavy atom. The molecule has 0 amide bonds. The fourth-order valence-electron chi connectivity index (χ4n) is 1.53. The van der Waals surface area contributed by atoms with Crippen LogP contribution in [0.3, 0.4) is 0 Å². The molecule has 2 aromatic rings. The van der Waals surface area contributed by atoms with Crippen molar-refractivity contribution in [2.24, 2.45) is 0 Å². The van der Waals surface area contributed by atoms with Gasteiger partial charge in [0.25, 0.3) is 0 Å². The Bertz CT molecular complexity index is 574. The lowest BCUT2D eigenvalue weighted by Gasteiger charge is -2.17. The Balaban J connectivity index is 2.04. The molecule has 0 fully saturated rings. The van der Waals surface area contributed by atoms with Crippen LogP contribution in [0.4, 0.5) is 10.1 Å². The van der Waals surface area contributed by atoms with Crippen LogP contribution in [-0.2, 0) is 12.1 Å². The molecule has 0 spiro atoms. The van der Waals surface area contributed by atoms with E-state index in [1.807, 2.05) is 6.20 Å². The molecule has 0 unspecified atom stereocenters. The van der Waals surface area contributed by atoms with Crippen LogP contribution < -0.4 is 5.32 Å². The average Bonchev–Trinajstić information content (AvgIpc) is 2.76. The van der Waals surface area contributed by atoms with Crippen LogP contribution in [0.25, 0.3) is 0 Å². The van der Waals surface area contributed by atoms with Gasteiger partial charge in [0.15, 0.2) is 0 Å². The third-order valence-corrected chi connectivity index (χ3v) is 2.93. The minimum atomic E-state index is -0.353. The van der Waals surface area contributed by atoms with E-state index in [0.29, 0.717) is 17.3 Å². The Morgan fingerprint density at radius 3 is 2.68 bits per heavy atom. The second-order valence-corrected chi connectivity index (χ2v) is 5.71. The summed E-state index contributed by atoms with van der Waals surface area (Å²) >= 11 is 5.93. The Morgan fingerprint density at radius 1 is 1.37 bits per heavy atom. The fourth-order valence-corrected chi connectivity index (χ4v) is 1.76. The number of rotatable bonds is 3. The normalized spacial score (nSPS) is 11.6. The van der Waals surface area contributed by atoms with Crippen molar-refractivity contribution in [1.29, 1.82) is 0 Å². The van der Waals surface area contributed by atoms with Crippen molar-refractivity contribution >= 4 is 17.3 Å². The summed E-state index contributed by atoms with van der Waals surface area (Å²) in [5.74, 6) is -0.353. The van der Waals surface area contributed by atoms with Crippen LogP contribution in [0.2, 0.25) is 5.02 Å². The van der Waals surface area contributed by atoms with Crippen molar-refractivity contribution in [2.75, 3.05) is 5.32 Å². The van der Waals surface area contributed by atoms with Gasteiger partial charge >= 0.3 is 0 Å². The van der Waals surface area contributed by atoms with Gasteiger partial charge in [0.1, 0.15) is 11.5 Å². The van der Waals surface area contributed by atoms with Crippen LogP contribution >= 0.6 is 11.6 Å². The number of nitrogens with zero attached hydrogens (tertiary/aromatic N) is 3. The molecule has 1 heterocycles. The summed E-state index contributed by atoms with van der Waals surface area (Å²) < 4.78 is 14.7. The molecule has 1 aromatic carbocycles. The van der Waals surface area contributed by atoms with Gasteiger partial charge in [-0.25, -0.2) is 9.07 Å². The summed E-state index contributed by atoms with van der Waals surface area (Å²) in [6.45, 7) is 6.64. The van der Waals surface area contributed by atoms with Gasteiger partial charge in [-0.15, -0.1) is 5.10 Å². The predicted molar refractivity (Wildman–Crippen MR) is 73.8 cm³/mol. The first kappa shape index (κ1) is 13.8. The zero-order valence-corrected chi connectivity index (χ0v) is 11.9. The van der Waals surface area contributed by atoms with Crippen molar-refractivity contribution in [3.05, 3.63) is 40.9 Å². The Hall–Kier alpha value is -1.62. The van der Waals surface area contributed by atoms with Crippen molar-refractivity contribution in [2.45, 2.75) is 32.9 Å². The molecule has 0 atom stereocenters. The highest BCUT2D eigenvalue weighted by atomic mass is 35.5. The third kappa shape index (κ3) is 3.44. The molecule has 0 saturated carbocycles. The molecule has 2 rings (SSSR count). The van der Waals surface area contributed by atoms with Crippen LogP contribution in [0.1, 0.15) is 26.5 Å². The minimum absolute atomic E-state index is 0.0984. The molecule has 0 bridgehead atoms. The highest BCUT2D eigenvalue weighted by Gasteiger charge is 2.14. The molecule has 102 valence electrons. The third-order valence-electron chi connectivity index (χ3n) is 2.62. The topological polar surface area (TPSA) is 42.7 Å². The summed E-state index contributed by atoms with van der Waals surface area (Å²) in [6.07, 6.45) is 1.88. The largest absolute Gasteiger partial charge is 0.378 e. The number of hydrogen-bond acceptors (Lipinski definition) is 3.